The maximum atomic E-state index is 5.22. The second-order valence-electron chi connectivity index (χ2n) is 2.27. The zero-order chi connectivity index (χ0) is 8.39. The first kappa shape index (κ1) is 6.74. The fourth-order valence-electron chi connectivity index (χ4n) is 0.951. The van der Waals surface area contributed by atoms with E-state index >= 15 is 0 Å². The van der Waals surface area contributed by atoms with Gasteiger partial charge < -0.3 is 4.84 Å². The number of fused-ring (bicyclic) bond motifs is 1. The molecule has 0 bridgehead atoms. The van der Waals surface area contributed by atoms with Gasteiger partial charge >= 0.3 is 0 Å². The summed E-state index contributed by atoms with van der Waals surface area (Å²) < 4.78 is 0. The van der Waals surface area contributed by atoms with Gasteiger partial charge in [-0.3, -0.25) is 0 Å². The Kier molecular flexibility index (Phi) is 1.45. The second kappa shape index (κ2) is 2.59. The summed E-state index contributed by atoms with van der Waals surface area (Å²) in [5.74, 6) is 3.15. The van der Waals surface area contributed by atoms with Crippen LogP contribution in [-0.4, -0.2) is 6.34 Å². The van der Waals surface area contributed by atoms with E-state index in [1.165, 1.54) is 6.34 Å². The molecule has 1 aromatic carbocycles. The highest BCUT2D eigenvalue weighted by molar-refractivity contribution is 5.68. The van der Waals surface area contributed by atoms with Crippen molar-refractivity contribution in [3.05, 3.63) is 23.8 Å². The van der Waals surface area contributed by atoms with Crippen molar-refractivity contribution >= 4 is 12.0 Å². The third kappa shape index (κ3) is 0.995. The Morgan fingerprint density at radius 1 is 1.42 bits per heavy atom. The van der Waals surface area contributed by atoms with Crippen molar-refractivity contribution in [2.75, 3.05) is 0 Å². The van der Waals surface area contributed by atoms with Crippen LogP contribution in [0.15, 0.2) is 23.2 Å². The molecule has 1 aromatic rings. The van der Waals surface area contributed by atoms with Gasteiger partial charge in [-0.05, 0) is 18.2 Å². The van der Waals surface area contributed by atoms with Crippen molar-refractivity contribution in [3.63, 3.8) is 0 Å². The number of hydroxylamine groups is 1. The molecule has 1 radical (unpaired) electrons. The minimum absolute atomic E-state index is 0.636. The largest absolute Gasteiger partial charge is 0.353 e. The third-order valence-electron chi connectivity index (χ3n) is 1.52. The average molecular weight is 157 g/mol. The molecule has 0 saturated heterocycles. The molecule has 0 N–H and O–H groups in total. The van der Waals surface area contributed by atoms with E-state index in [9.17, 15) is 0 Å². The van der Waals surface area contributed by atoms with Crippen LogP contribution in [0.3, 0.4) is 0 Å². The summed E-state index contributed by atoms with van der Waals surface area (Å²) in [7, 11) is 0. The van der Waals surface area contributed by atoms with Crippen molar-refractivity contribution in [2.24, 2.45) is 4.99 Å². The lowest BCUT2D eigenvalue weighted by molar-refractivity contribution is 0.254. The van der Waals surface area contributed by atoms with Crippen LogP contribution in [0.5, 0.6) is 5.75 Å². The van der Waals surface area contributed by atoms with Gasteiger partial charge in [-0.25, -0.2) is 4.99 Å². The average Bonchev–Trinajstić information content (AvgIpc) is 2.17. The summed E-state index contributed by atoms with van der Waals surface area (Å²) in [5.41, 5.74) is 5.04. The summed E-state index contributed by atoms with van der Waals surface area (Å²) in [4.78, 5) is 8.92. The number of aliphatic imine (C=N–C) groups is 1. The Morgan fingerprint density at radius 2 is 2.33 bits per heavy atom. The van der Waals surface area contributed by atoms with Gasteiger partial charge in [0.1, 0.15) is 5.69 Å². The van der Waals surface area contributed by atoms with E-state index in [2.05, 4.69) is 16.4 Å². The Morgan fingerprint density at radius 3 is 3.17 bits per heavy atom. The van der Waals surface area contributed by atoms with Crippen LogP contribution in [-0.2, 0) is 0 Å². The molecule has 0 fully saturated rings. The van der Waals surface area contributed by atoms with Crippen molar-refractivity contribution in [1.82, 2.24) is 5.48 Å². The van der Waals surface area contributed by atoms with E-state index in [-0.39, 0.29) is 0 Å². The molecule has 2 rings (SSSR count). The Bertz CT molecular complexity index is 377. The Balaban J connectivity index is 2.53. The number of nitrogens with zero attached hydrogens (tertiary/aromatic N) is 2. The predicted octanol–water partition coefficient (Wildman–Crippen LogP) is 1.24. The van der Waals surface area contributed by atoms with Crippen molar-refractivity contribution in [2.45, 2.75) is 0 Å². The molecule has 0 spiro atoms. The molecule has 3 heteroatoms. The maximum absolute atomic E-state index is 5.22. The fourth-order valence-corrected chi connectivity index (χ4v) is 0.951. The van der Waals surface area contributed by atoms with Crippen LogP contribution in [0.2, 0.25) is 0 Å². The number of terminal acetylenes is 1. The lowest BCUT2D eigenvalue weighted by Crippen LogP contribution is -2.10. The quantitative estimate of drug-likeness (QED) is 0.522. The van der Waals surface area contributed by atoms with Gasteiger partial charge in [0.05, 0.1) is 0 Å². The molecule has 0 aromatic heterocycles. The topological polar surface area (TPSA) is 35.7 Å². The molecule has 1 aliphatic rings. The zero-order valence-corrected chi connectivity index (χ0v) is 6.19. The number of rotatable bonds is 0. The monoisotopic (exact) mass is 157 g/mol. The molecule has 12 heavy (non-hydrogen) atoms. The summed E-state index contributed by atoms with van der Waals surface area (Å²) >= 11 is 0. The molecule has 0 aliphatic carbocycles. The minimum Gasteiger partial charge on any atom is -0.353 e. The van der Waals surface area contributed by atoms with Gasteiger partial charge in [0.2, 0.25) is 0 Å². The van der Waals surface area contributed by atoms with Crippen LogP contribution in [0.25, 0.3) is 0 Å². The van der Waals surface area contributed by atoms with Crippen LogP contribution in [0.1, 0.15) is 5.56 Å². The lowest BCUT2D eigenvalue weighted by atomic mass is 10.2. The summed E-state index contributed by atoms with van der Waals surface area (Å²) in [5, 5.41) is 0. The van der Waals surface area contributed by atoms with E-state index in [0.717, 1.165) is 11.3 Å². The molecule has 0 unspecified atom stereocenters. The van der Waals surface area contributed by atoms with Crippen LogP contribution < -0.4 is 10.3 Å². The highest BCUT2D eigenvalue weighted by Gasteiger charge is 2.07. The van der Waals surface area contributed by atoms with Crippen LogP contribution in [0.4, 0.5) is 5.69 Å². The van der Waals surface area contributed by atoms with E-state index in [1.807, 2.05) is 0 Å². The first-order valence-electron chi connectivity index (χ1n) is 3.40. The molecule has 3 nitrogen and oxygen atoms in total. The van der Waals surface area contributed by atoms with E-state index in [4.69, 9.17) is 11.3 Å². The van der Waals surface area contributed by atoms with Crippen LogP contribution in [0, 0.1) is 12.3 Å². The fraction of sp³-hybridized carbons (Fsp3) is 0. The Labute approximate surface area is 70.0 Å². The third-order valence-corrected chi connectivity index (χ3v) is 1.52. The molecular weight excluding hydrogens is 152 g/mol. The highest BCUT2D eigenvalue weighted by Crippen LogP contribution is 2.29. The lowest BCUT2D eigenvalue weighted by Gasteiger charge is -2.08. The van der Waals surface area contributed by atoms with E-state index < -0.39 is 0 Å². The number of hydrogen-bond acceptors (Lipinski definition) is 2. The molecule has 0 atom stereocenters. The summed E-state index contributed by atoms with van der Waals surface area (Å²) in [6.45, 7) is 0. The number of benzene rings is 1. The summed E-state index contributed by atoms with van der Waals surface area (Å²) in [6, 6.07) is 5.32. The molecule has 1 heterocycles. The van der Waals surface area contributed by atoms with Crippen molar-refractivity contribution in [3.8, 4) is 18.1 Å². The maximum Gasteiger partial charge on any atom is 0.183 e. The summed E-state index contributed by atoms with van der Waals surface area (Å²) in [6.07, 6.45) is 6.57. The molecule has 0 amide bonds. The first-order chi connectivity index (χ1) is 5.90. The van der Waals surface area contributed by atoms with E-state index in [0.29, 0.717) is 5.75 Å². The SMILES string of the molecule is C#Cc1ccc2c(c1)N=C[N]O2. The van der Waals surface area contributed by atoms with Gasteiger partial charge in [0.15, 0.2) is 12.1 Å². The van der Waals surface area contributed by atoms with Gasteiger partial charge in [-0.15, -0.1) is 6.42 Å². The molecule has 57 valence electrons. The Hall–Kier alpha value is -1.95. The van der Waals surface area contributed by atoms with Crippen molar-refractivity contribution in [1.29, 1.82) is 0 Å². The predicted molar refractivity (Wildman–Crippen MR) is 45.3 cm³/mol. The molecule has 1 aliphatic heterocycles. The first-order valence-corrected chi connectivity index (χ1v) is 3.40. The van der Waals surface area contributed by atoms with Crippen molar-refractivity contribution < 1.29 is 4.84 Å². The van der Waals surface area contributed by atoms with Crippen LogP contribution >= 0.6 is 0 Å². The standard InChI is InChI=1S/C9H5N2O/c1-2-7-3-4-9-8(5-7)10-6-11-12-9/h1,3-6H. The second-order valence-corrected chi connectivity index (χ2v) is 2.27. The number of hydrogen-bond donors (Lipinski definition) is 0. The minimum atomic E-state index is 0.636. The van der Waals surface area contributed by atoms with E-state index in [1.54, 1.807) is 18.2 Å². The zero-order valence-electron chi connectivity index (χ0n) is 6.19. The van der Waals surface area contributed by atoms with Gasteiger partial charge in [0.25, 0.3) is 0 Å². The molecule has 0 saturated carbocycles. The molecular formula is C9H5N2O. The highest BCUT2D eigenvalue weighted by atomic mass is 16.6. The van der Waals surface area contributed by atoms with Gasteiger partial charge in [-0.2, -0.15) is 0 Å². The normalized spacial score (nSPS) is 12.2. The van der Waals surface area contributed by atoms with Gasteiger partial charge in [-0.1, -0.05) is 11.4 Å². The smallest absolute Gasteiger partial charge is 0.183 e. The van der Waals surface area contributed by atoms with Gasteiger partial charge in [0, 0.05) is 5.56 Å².